The molecule has 0 spiro atoms. The number of aryl methyl sites for hydroxylation is 3. The van der Waals surface area contributed by atoms with Gasteiger partial charge in [-0.2, -0.15) is 0 Å². The van der Waals surface area contributed by atoms with Crippen molar-refractivity contribution in [2.24, 2.45) is 0 Å². The van der Waals surface area contributed by atoms with Gasteiger partial charge < -0.3 is 9.40 Å². The van der Waals surface area contributed by atoms with Crippen molar-refractivity contribution in [3.05, 3.63) is 39.3 Å². The molecule has 3 heterocycles. The molecule has 17 heavy (non-hydrogen) atoms. The third kappa shape index (κ3) is 1.37. The number of nitrogens with one attached hydrogen (secondary N) is 1. The molecule has 4 heteroatoms. The third-order valence-corrected chi connectivity index (χ3v) is 2.88. The van der Waals surface area contributed by atoms with Crippen LogP contribution in [0.5, 0.6) is 0 Å². The molecular formula is C13H12N2O2. The first kappa shape index (κ1) is 10.1. The van der Waals surface area contributed by atoms with Crippen LogP contribution in [0.15, 0.2) is 21.3 Å². The molecule has 0 atom stereocenters. The van der Waals surface area contributed by atoms with E-state index in [2.05, 4.69) is 9.97 Å². The van der Waals surface area contributed by atoms with Crippen LogP contribution in [0.3, 0.4) is 0 Å². The van der Waals surface area contributed by atoms with Crippen LogP contribution in [-0.2, 0) is 0 Å². The lowest BCUT2D eigenvalue weighted by molar-refractivity contribution is 0.648. The predicted molar refractivity (Wildman–Crippen MR) is 66.3 cm³/mol. The van der Waals surface area contributed by atoms with Crippen LogP contribution in [0.4, 0.5) is 0 Å². The van der Waals surface area contributed by atoms with Gasteiger partial charge in [0, 0.05) is 17.5 Å². The van der Waals surface area contributed by atoms with E-state index in [-0.39, 0.29) is 5.43 Å². The summed E-state index contributed by atoms with van der Waals surface area (Å²) < 4.78 is 5.54. The van der Waals surface area contributed by atoms with Gasteiger partial charge in [-0.1, -0.05) is 0 Å². The van der Waals surface area contributed by atoms with Gasteiger partial charge in [-0.05, 0) is 32.4 Å². The van der Waals surface area contributed by atoms with E-state index >= 15 is 0 Å². The van der Waals surface area contributed by atoms with Crippen LogP contribution in [0.25, 0.3) is 22.2 Å². The van der Waals surface area contributed by atoms with Crippen LogP contribution in [-0.4, -0.2) is 9.97 Å². The molecule has 4 nitrogen and oxygen atoms in total. The van der Waals surface area contributed by atoms with Crippen LogP contribution < -0.4 is 5.43 Å². The summed E-state index contributed by atoms with van der Waals surface area (Å²) in [5, 5.41) is 0.895. The largest absolute Gasteiger partial charge is 0.432 e. The Kier molecular flexibility index (Phi) is 1.90. The number of rotatable bonds is 0. The van der Waals surface area contributed by atoms with E-state index in [1.54, 1.807) is 0 Å². The summed E-state index contributed by atoms with van der Waals surface area (Å²) in [7, 11) is 0. The summed E-state index contributed by atoms with van der Waals surface area (Å²) >= 11 is 0. The topological polar surface area (TPSA) is 58.9 Å². The maximum Gasteiger partial charge on any atom is 0.229 e. The number of aromatic nitrogens is 2. The van der Waals surface area contributed by atoms with E-state index in [1.165, 1.54) is 6.07 Å². The number of hydrogen-bond acceptors (Lipinski definition) is 3. The van der Waals surface area contributed by atoms with E-state index in [9.17, 15) is 4.79 Å². The first-order valence-corrected chi connectivity index (χ1v) is 5.46. The average Bonchev–Trinajstić information content (AvgIpc) is 2.56. The van der Waals surface area contributed by atoms with Crippen molar-refractivity contribution in [2.75, 3.05) is 0 Å². The van der Waals surface area contributed by atoms with Gasteiger partial charge in [0.2, 0.25) is 16.7 Å². The van der Waals surface area contributed by atoms with Gasteiger partial charge in [0.1, 0.15) is 0 Å². The Morgan fingerprint density at radius 2 is 2.00 bits per heavy atom. The summed E-state index contributed by atoms with van der Waals surface area (Å²) in [4.78, 5) is 19.3. The number of H-pyrrole nitrogens is 1. The van der Waals surface area contributed by atoms with Gasteiger partial charge in [0.05, 0.1) is 10.9 Å². The molecule has 0 unspecified atom stereocenters. The average molecular weight is 228 g/mol. The van der Waals surface area contributed by atoms with Crippen molar-refractivity contribution in [1.29, 1.82) is 0 Å². The molecule has 86 valence electrons. The molecule has 0 aliphatic rings. The van der Waals surface area contributed by atoms with Crippen molar-refractivity contribution in [3.8, 4) is 0 Å². The Balaban J connectivity index is 2.65. The molecule has 3 rings (SSSR count). The van der Waals surface area contributed by atoms with Crippen molar-refractivity contribution in [3.63, 3.8) is 0 Å². The predicted octanol–water partition coefficient (Wildman–Crippen LogP) is 2.59. The summed E-state index contributed by atoms with van der Waals surface area (Å²) in [5.41, 5.74) is 4.29. The zero-order valence-electron chi connectivity index (χ0n) is 9.92. The fraction of sp³-hybridized carbons (Fsp3) is 0.231. The van der Waals surface area contributed by atoms with Crippen molar-refractivity contribution in [1.82, 2.24) is 9.97 Å². The first-order chi connectivity index (χ1) is 8.06. The van der Waals surface area contributed by atoms with Gasteiger partial charge in [-0.15, -0.1) is 0 Å². The molecule has 0 bridgehead atoms. The number of nitrogens with zero attached hydrogens (tertiary/aromatic N) is 1. The Morgan fingerprint density at radius 3 is 2.76 bits per heavy atom. The van der Waals surface area contributed by atoms with Gasteiger partial charge in [-0.25, -0.2) is 4.98 Å². The molecule has 1 N–H and O–H groups in total. The second-order valence-electron chi connectivity index (χ2n) is 4.38. The van der Waals surface area contributed by atoms with Crippen LogP contribution >= 0.6 is 0 Å². The lowest BCUT2D eigenvalue weighted by Gasteiger charge is -1.97. The molecule has 0 fully saturated rings. The first-order valence-electron chi connectivity index (χ1n) is 5.46. The molecule has 0 saturated heterocycles. The van der Waals surface area contributed by atoms with Crippen molar-refractivity contribution in [2.45, 2.75) is 20.8 Å². The lowest BCUT2D eigenvalue weighted by Crippen LogP contribution is -2.00. The molecule has 0 saturated carbocycles. The van der Waals surface area contributed by atoms with Gasteiger partial charge >= 0.3 is 0 Å². The number of aromatic amines is 1. The summed E-state index contributed by atoms with van der Waals surface area (Å²) in [6.45, 7) is 5.76. The molecule has 0 aromatic carbocycles. The Morgan fingerprint density at radius 1 is 1.24 bits per heavy atom. The maximum atomic E-state index is 11.8. The van der Waals surface area contributed by atoms with Gasteiger partial charge in [0.25, 0.3) is 0 Å². The zero-order chi connectivity index (χ0) is 12.2. The van der Waals surface area contributed by atoms with Crippen molar-refractivity contribution >= 4 is 22.2 Å². The van der Waals surface area contributed by atoms with Crippen molar-refractivity contribution < 1.29 is 4.42 Å². The normalized spacial score (nSPS) is 11.5. The maximum absolute atomic E-state index is 11.8. The van der Waals surface area contributed by atoms with Gasteiger partial charge in [-0.3, -0.25) is 4.79 Å². The number of fused-ring (bicyclic) bond motifs is 3. The molecule has 3 aromatic heterocycles. The Bertz CT molecular complexity index is 796. The van der Waals surface area contributed by atoms with Gasteiger partial charge in [0.15, 0.2) is 0 Å². The molecule has 0 aliphatic carbocycles. The minimum atomic E-state index is -0.105. The highest BCUT2D eigenvalue weighted by atomic mass is 16.3. The Hall–Kier alpha value is -2.10. The molecular weight excluding hydrogens is 216 g/mol. The quantitative estimate of drug-likeness (QED) is 0.643. The second-order valence-corrected chi connectivity index (χ2v) is 4.38. The SMILES string of the molecule is Cc1cc(C)c2c(n1)oc1c(=O)cc(C)[nH]c12. The van der Waals surface area contributed by atoms with Crippen LogP contribution in [0.1, 0.15) is 17.0 Å². The summed E-state index contributed by atoms with van der Waals surface area (Å²) in [5.74, 6) is 0. The van der Waals surface area contributed by atoms with Crippen LogP contribution in [0.2, 0.25) is 0 Å². The smallest absolute Gasteiger partial charge is 0.229 e. The van der Waals surface area contributed by atoms with E-state index in [0.717, 1.165) is 27.9 Å². The van der Waals surface area contributed by atoms with E-state index in [4.69, 9.17) is 4.42 Å². The number of hydrogen-bond donors (Lipinski definition) is 1. The highest BCUT2D eigenvalue weighted by Crippen LogP contribution is 2.27. The highest BCUT2D eigenvalue weighted by Gasteiger charge is 2.14. The van der Waals surface area contributed by atoms with E-state index < -0.39 is 0 Å². The van der Waals surface area contributed by atoms with E-state index in [0.29, 0.717) is 11.3 Å². The highest BCUT2D eigenvalue weighted by molar-refractivity contribution is 6.02. The summed E-state index contributed by atoms with van der Waals surface area (Å²) in [6, 6.07) is 3.52. The molecule has 0 radical (unpaired) electrons. The third-order valence-electron chi connectivity index (χ3n) is 2.88. The number of pyridine rings is 2. The molecule has 0 amide bonds. The monoisotopic (exact) mass is 228 g/mol. The lowest BCUT2D eigenvalue weighted by atomic mass is 10.1. The van der Waals surface area contributed by atoms with E-state index in [1.807, 2.05) is 26.8 Å². The Labute approximate surface area is 97.3 Å². The minimum Gasteiger partial charge on any atom is -0.432 e. The fourth-order valence-corrected chi connectivity index (χ4v) is 2.23. The standard InChI is InChI=1S/C13H12N2O2/c1-6-4-7(2)15-13-10(6)11-12(17-13)9(16)5-8(3)14-11/h4-5H,1-3H3,(H,14,16). The number of furan rings is 1. The summed E-state index contributed by atoms with van der Waals surface area (Å²) in [6.07, 6.45) is 0. The second kappa shape index (κ2) is 3.20. The molecule has 0 aliphatic heterocycles. The molecule has 3 aromatic rings. The fourth-order valence-electron chi connectivity index (χ4n) is 2.23. The van der Waals surface area contributed by atoms with Crippen LogP contribution in [0, 0.1) is 20.8 Å². The zero-order valence-corrected chi connectivity index (χ0v) is 9.92. The minimum absolute atomic E-state index is 0.105.